The summed E-state index contributed by atoms with van der Waals surface area (Å²) >= 11 is 0. The highest BCUT2D eigenvalue weighted by molar-refractivity contribution is 5.96. The average Bonchev–Trinajstić information content (AvgIpc) is 3.49. The van der Waals surface area contributed by atoms with Crippen molar-refractivity contribution in [1.82, 2.24) is 19.7 Å². The number of likely N-dealkylation sites (N-methyl/N-ethyl adjacent to an activating group) is 2. The van der Waals surface area contributed by atoms with Gasteiger partial charge in [0.25, 0.3) is 0 Å². The predicted molar refractivity (Wildman–Crippen MR) is 207 cm³/mol. The Morgan fingerprint density at radius 3 is 2.42 bits per heavy atom. The summed E-state index contributed by atoms with van der Waals surface area (Å²) in [4.78, 5) is 50.0. The van der Waals surface area contributed by atoms with Gasteiger partial charge >= 0.3 is 18.0 Å². The number of esters is 2. The number of aromatic nitrogens is 3. The van der Waals surface area contributed by atoms with Crippen molar-refractivity contribution in [3.8, 4) is 11.1 Å². The zero-order valence-electron chi connectivity index (χ0n) is 33.2. The highest BCUT2D eigenvalue weighted by atomic mass is 16.6. The number of rotatable bonds is 12. The maximum atomic E-state index is 13.7. The average molecular weight is 731 g/mol. The van der Waals surface area contributed by atoms with E-state index in [9.17, 15) is 14.4 Å². The molecule has 0 saturated heterocycles. The van der Waals surface area contributed by atoms with Crippen LogP contribution in [0.15, 0.2) is 30.5 Å². The van der Waals surface area contributed by atoms with Crippen LogP contribution in [0.1, 0.15) is 104 Å². The van der Waals surface area contributed by atoms with Crippen LogP contribution >= 0.6 is 0 Å². The molecular formula is C41H58N6O6. The summed E-state index contributed by atoms with van der Waals surface area (Å²) in [5.41, 5.74) is 5.51. The number of ether oxygens (including phenoxy) is 3. The van der Waals surface area contributed by atoms with E-state index in [4.69, 9.17) is 24.3 Å². The first kappa shape index (κ1) is 39.6. The van der Waals surface area contributed by atoms with Gasteiger partial charge in [0, 0.05) is 69.3 Å². The summed E-state index contributed by atoms with van der Waals surface area (Å²) in [7, 11) is 5.04. The Morgan fingerprint density at radius 1 is 1.00 bits per heavy atom. The van der Waals surface area contributed by atoms with Crippen LogP contribution in [0.3, 0.4) is 0 Å². The number of amides is 1. The monoisotopic (exact) mass is 730 g/mol. The third-order valence-corrected chi connectivity index (χ3v) is 10.1. The van der Waals surface area contributed by atoms with Crippen LogP contribution in [0.25, 0.3) is 11.1 Å². The molecule has 12 nitrogen and oxygen atoms in total. The zero-order valence-corrected chi connectivity index (χ0v) is 33.2. The molecule has 1 amide bonds. The van der Waals surface area contributed by atoms with Crippen LogP contribution in [0, 0.1) is 18.8 Å². The lowest BCUT2D eigenvalue weighted by Gasteiger charge is -2.33. The number of carbonyl (C=O) groups excluding carboxylic acids is 3. The molecule has 12 heteroatoms. The van der Waals surface area contributed by atoms with Gasteiger partial charge in [-0.25, -0.2) is 19.4 Å². The zero-order chi connectivity index (χ0) is 38.4. The minimum absolute atomic E-state index is 0.177. The Morgan fingerprint density at radius 2 is 1.74 bits per heavy atom. The van der Waals surface area contributed by atoms with Gasteiger partial charge in [0.15, 0.2) is 5.69 Å². The maximum absolute atomic E-state index is 13.7. The Labute approximate surface area is 314 Å². The molecule has 1 aliphatic carbocycles. The van der Waals surface area contributed by atoms with Gasteiger partial charge in [-0.3, -0.25) is 4.68 Å². The fourth-order valence-electron chi connectivity index (χ4n) is 7.04. The number of carbonyl (C=O) groups is 3. The van der Waals surface area contributed by atoms with Gasteiger partial charge in [0.2, 0.25) is 0 Å². The molecule has 0 atom stereocenters. The molecule has 0 N–H and O–H groups in total. The van der Waals surface area contributed by atoms with Gasteiger partial charge in [0.1, 0.15) is 11.4 Å². The number of nitrogens with zero attached hydrogens (tertiary/aromatic N) is 6. The van der Waals surface area contributed by atoms with E-state index < -0.39 is 17.5 Å². The third-order valence-electron chi connectivity index (χ3n) is 10.1. The number of fused-ring (bicyclic) bond motifs is 1. The Balaban J connectivity index is 1.40. The molecule has 1 aliphatic heterocycles. The summed E-state index contributed by atoms with van der Waals surface area (Å²) in [5, 5.41) is 4.75. The van der Waals surface area contributed by atoms with Gasteiger partial charge in [0.05, 0.1) is 25.5 Å². The highest BCUT2D eigenvalue weighted by Gasteiger charge is 2.28. The summed E-state index contributed by atoms with van der Waals surface area (Å²) < 4.78 is 18.6. The van der Waals surface area contributed by atoms with Crippen molar-refractivity contribution in [2.45, 2.75) is 98.8 Å². The summed E-state index contributed by atoms with van der Waals surface area (Å²) in [6.45, 7) is 14.8. The lowest BCUT2D eigenvalue weighted by atomic mass is 9.89. The van der Waals surface area contributed by atoms with Crippen molar-refractivity contribution in [2.75, 3.05) is 57.2 Å². The molecule has 1 saturated carbocycles. The van der Waals surface area contributed by atoms with Gasteiger partial charge in [-0.2, -0.15) is 5.10 Å². The molecule has 288 valence electrons. The molecule has 5 rings (SSSR count). The van der Waals surface area contributed by atoms with E-state index in [0.717, 1.165) is 34.6 Å². The second-order valence-corrected chi connectivity index (χ2v) is 16.0. The van der Waals surface area contributed by atoms with Crippen LogP contribution in [0.2, 0.25) is 0 Å². The third kappa shape index (κ3) is 9.88. The van der Waals surface area contributed by atoms with E-state index in [1.54, 1.807) is 11.9 Å². The van der Waals surface area contributed by atoms with Crippen molar-refractivity contribution < 1.29 is 28.6 Å². The molecule has 3 heterocycles. The minimum Gasteiger partial charge on any atom is -0.465 e. The van der Waals surface area contributed by atoms with E-state index in [-0.39, 0.29) is 24.3 Å². The van der Waals surface area contributed by atoms with Crippen LogP contribution in [0.5, 0.6) is 0 Å². The quantitative estimate of drug-likeness (QED) is 0.139. The van der Waals surface area contributed by atoms with E-state index >= 15 is 0 Å². The summed E-state index contributed by atoms with van der Waals surface area (Å²) in [6.07, 6.45) is 8.40. The molecule has 2 aromatic heterocycles. The van der Waals surface area contributed by atoms with Gasteiger partial charge in [-0.05, 0) is 94.2 Å². The number of anilines is 2. The Bertz CT molecular complexity index is 1770. The first-order valence-electron chi connectivity index (χ1n) is 19.0. The fraction of sp³-hybridized carbons (Fsp3) is 0.585. The van der Waals surface area contributed by atoms with E-state index in [1.165, 1.54) is 39.2 Å². The van der Waals surface area contributed by atoms with E-state index in [1.807, 2.05) is 71.0 Å². The second-order valence-electron chi connectivity index (χ2n) is 16.0. The smallest absolute Gasteiger partial charge is 0.410 e. The van der Waals surface area contributed by atoms with E-state index in [0.29, 0.717) is 55.5 Å². The van der Waals surface area contributed by atoms with Crippen molar-refractivity contribution in [3.63, 3.8) is 0 Å². The normalized spacial score (nSPS) is 14.9. The molecule has 0 bridgehead atoms. The molecule has 0 spiro atoms. The SMILES string of the molecule is COC(=O)c1cc(N(C)CCN(C)C(=O)OC(C)(C)C)cc2c1CN(c1ccc(-c3cnn(CC4CCCCC4)c3C)c(C(=O)OCC(C)C)n1)CC2. The molecule has 0 radical (unpaired) electrons. The van der Waals surface area contributed by atoms with Crippen LogP contribution in [0.4, 0.5) is 16.3 Å². The molecule has 0 unspecified atom stereocenters. The molecule has 3 aromatic rings. The first-order chi connectivity index (χ1) is 25.1. The first-order valence-corrected chi connectivity index (χ1v) is 19.0. The molecule has 2 aliphatic rings. The summed E-state index contributed by atoms with van der Waals surface area (Å²) in [5.74, 6) is 0.533. The lowest BCUT2D eigenvalue weighted by Crippen LogP contribution is -2.38. The second kappa shape index (κ2) is 17.0. The van der Waals surface area contributed by atoms with Crippen molar-refractivity contribution in [2.24, 2.45) is 11.8 Å². The number of methoxy groups -OCH3 is 1. The Kier molecular flexibility index (Phi) is 12.7. The number of hydrogen-bond donors (Lipinski definition) is 0. The Hall–Kier alpha value is -4.61. The standard InChI is InChI=1S/C41H58N6O6/c1-27(2)26-52-39(49)37-32(34-23-42-47(28(34)3)24-29-13-11-10-12-14-29)15-16-36(43-37)46-18-17-30-21-31(22-33(35(30)25-46)38(48)51-9)44(7)19-20-45(8)40(50)53-41(4,5)6/h15-16,21-23,27,29H,10-14,17-20,24-26H2,1-9H3. The number of benzene rings is 1. The van der Waals surface area contributed by atoms with Crippen molar-refractivity contribution in [3.05, 3.63) is 58.5 Å². The van der Waals surface area contributed by atoms with Crippen molar-refractivity contribution in [1.29, 1.82) is 0 Å². The largest absolute Gasteiger partial charge is 0.465 e. The molecular weight excluding hydrogens is 672 g/mol. The van der Waals surface area contributed by atoms with Gasteiger partial charge in [-0.1, -0.05) is 33.1 Å². The molecule has 1 fully saturated rings. The minimum atomic E-state index is -0.577. The lowest BCUT2D eigenvalue weighted by molar-refractivity contribution is 0.0303. The van der Waals surface area contributed by atoms with Crippen molar-refractivity contribution >= 4 is 29.5 Å². The number of hydrogen-bond acceptors (Lipinski definition) is 10. The van der Waals surface area contributed by atoms with E-state index in [2.05, 4.69) is 22.6 Å². The van der Waals surface area contributed by atoms with Gasteiger partial charge in [-0.15, -0.1) is 0 Å². The van der Waals surface area contributed by atoms with Gasteiger partial charge < -0.3 is 28.9 Å². The number of pyridine rings is 1. The fourth-order valence-corrected chi connectivity index (χ4v) is 7.04. The maximum Gasteiger partial charge on any atom is 0.410 e. The summed E-state index contributed by atoms with van der Waals surface area (Å²) in [6, 6.07) is 7.84. The van der Waals surface area contributed by atoms with Crippen LogP contribution < -0.4 is 9.80 Å². The molecule has 53 heavy (non-hydrogen) atoms. The predicted octanol–water partition coefficient (Wildman–Crippen LogP) is 7.30. The highest BCUT2D eigenvalue weighted by Crippen LogP contribution is 2.34. The topological polar surface area (TPSA) is 119 Å². The van der Waals surface area contributed by atoms with Crippen LogP contribution in [-0.2, 0) is 33.7 Å². The van der Waals surface area contributed by atoms with Crippen LogP contribution in [-0.4, -0.2) is 90.7 Å². The molecule has 1 aromatic carbocycles.